The first-order valence-electron chi connectivity index (χ1n) is 15.9. The molecule has 1 aliphatic carbocycles. The summed E-state index contributed by atoms with van der Waals surface area (Å²) in [4.78, 5) is 17.2. The van der Waals surface area contributed by atoms with Crippen molar-refractivity contribution in [3.63, 3.8) is 0 Å². The SMILES string of the molecule is [2H]C([2H])(Oc1nc(N2CCOC[C@H]3[C@@H](Cl)[C@H]32)c2cnc(-c3cc(N)cc4ccc(F)c(C#C)c34)c(F)c2n1)[C@@]12CCCN1C[C@H](F)C2. The molecule has 4 fully saturated rings. The zero-order chi connectivity index (χ0) is 32.8. The van der Waals surface area contributed by atoms with Crippen LogP contribution >= 0.6 is 11.6 Å². The van der Waals surface area contributed by atoms with Crippen LogP contribution in [0.25, 0.3) is 32.9 Å². The number of hydrogen-bond acceptors (Lipinski definition) is 8. The average Bonchev–Trinajstić information content (AvgIpc) is 3.39. The van der Waals surface area contributed by atoms with E-state index in [4.69, 9.17) is 36.0 Å². The largest absolute Gasteiger partial charge is 0.461 e. The highest BCUT2D eigenvalue weighted by Crippen LogP contribution is 2.47. The van der Waals surface area contributed by atoms with Crippen LogP contribution in [0.1, 0.15) is 27.6 Å². The molecule has 3 saturated heterocycles. The van der Waals surface area contributed by atoms with E-state index in [-0.39, 0.29) is 74.9 Å². The van der Waals surface area contributed by atoms with Crippen LogP contribution in [-0.4, -0.2) is 82.4 Å². The van der Waals surface area contributed by atoms with E-state index in [1.165, 1.54) is 24.4 Å². The van der Waals surface area contributed by atoms with Gasteiger partial charge in [-0.05, 0) is 43.0 Å². The zero-order valence-corrected chi connectivity index (χ0v) is 24.8. The van der Waals surface area contributed by atoms with Crippen LogP contribution in [0.3, 0.4) is 0 Å². The van der Waals surface area contributed by atoms with Gasteiger partial charge in [0.05, 0.1) is 43.9 Å². The number of halogens is 4. The summed E-state index contributed by atoms with van der Waals surface area (Å²) in [5, 5.41) is 0.747. The number of nitrogens with two attached hydrogens (primary N) is 1. The van der Waals surface area contributed by atoms with E-state index in [0.717, 1.165) is 0 Å². The van der Waals surface area contributed by atoms with Gasteiger partial charge in [-0.2, -0.15) is 9.97 Å². The molecule has 2 aromatic heterocycles. The van der Waals surface area contributed by atoms with E-state index in [9.17, 15) is 8.78 Å². The van der Waals surface area contributed by atoms with Gasteiger partial charge in [0.2, 0.25) is 0 Å². The number of nitrogen functional groups attached to an aromatic ring is 1. The van der Waals surface area contributed by atoms with Gasteiger partial charge in [-0.25, -0.2) is 13.2 Å². The fraction of sp³-hybridized carbons (Fsp3) is 0.424. The summed E-state index contributed by atoms with van der Waals surface area (Å²) < 4.78 is 76.2. The maximum absolute atomic E-state index is 16.9. The van der Waals surface area contributed by atoms with Crippen molar-refractivity contribution < 1.29 is 25.4 Å². The van der Waals surface area contributed by atoms with Gasteiger partial charge in [0.1, 0.15) is 35.6 Å². The molecule has 0 amide bonds. The molecule has 12 heteroatoms. The van der Waals surface area contributed by atoms with Gasteiger partial charge in [-0.1, -0.05) is 12.0 Å². The van der Waals surface area contributed by atoms with E-state index in [1.54, 1.807) is 11.0 Å². The topological polar surface area (TPSA) is 89.6 Å². The molecule has 4 aromatic rings. The van der Waals surface area contributed by atoms with Crippen molar-refractivity contribution in [3.8, 4) is 29.6 Å². The summed E-state index contributed by atoms with van der Waals surface area (Å²) in [5.41, 5.74) is 4.95. The van der Waals surface area contributed by atoms with Crippen molar-refractivity contribution in [3.05, 3.63) is 47.7 Å². The number of alkyl halides is 2. The number of hydrogen-bond donors (Lipinski definition) is 1. The number of rotatable bonds is 5. The summed E-state index contributed by atoms with van der Waals surface area (Å²) in [5.74, 6) is 1.09. The van der Waals surface area contributed by atoms with Gasteiger partial charge in [0.15, 0.2) is 5.82 Å². The molecule has 5 heterocycles. The van der Waals surface area contributed by atoms with Crippen molar-refractivity contribution in [2.45, 2.75) is 42.4 Å². The highest BCUT2D eigenvalue weighted by atomic mass is 35.5. The van der Waals surface area contributed by atoms with Crippen LogP contribution in [0.2, 0.25) is 0 Å². The molecule has 0 spiro atoms. The van der Waals surface area contributed by atoms with E-state index in [0.29, 0.717) is 44.5 Å². The Morgan fingerprint density at radius 3 is 2.98 bits per heavy atom. The standard InChI is InChI=1S/C33H30ClF3N6O2/c1-2-20-24(36)5-4-17-10-19(38)11-21(25(17)20)28-27(37)29-22(13-39-28)31(43-8-9-44-15-23-26(34)30(23)43)41-32(40-29)45-16-33-6-3-7-42(33)14-18(35)12-33/h1,4-5,10-11,13,18,23,26,30H,3,6-9,12,14-16,38H2/t18-,23+,26-,30+,33+/m1/s1/i16D2. The molecule has 232 valence electrons. The number of pyridine rings is 1. The smallest absolute Gasteiger partial charge is 0.319 e. The van der Waals surface area contributed by atoms with Gasteiger partial charge in [0, 0.05) is 48.3 Å². The highest BCUT2D eigenvalue weighted by molar-refractivity contribution is 6.24. The predicted octanol–water partition coefficient (Wildman–Crippen LogP) is 5.08. The van der Waals surface area contributed by atoms with E-state index in [2.05, 4.69) is 20.9 Å². The summed E-state index contributed by atoms with van der Waals surface area (Å²) in [6.45, 7) is -0.570. The lowest BCUT2D eigenvalue weighted by molar-refractivity contribution is 0.107. The lowest BCUT2D eigenvalue weighted by atomic mass is 9.95. The monoisotopic (exact) mass is 636 g/mol. The fourth-order valence-corrected chi connectivity index (χ4v) is 7.81. The molecule has 2 N–H and O–H groups in total. The molecule has 0 bridgehead atoms. The van der Waals surface area contributed by atoms with Crippen molar-refractivity contribution in [2.75, 3.05) is 50.0 Å². The van der Waals surface area contributed by atoms with Crippen molar-refractivity contribution in [1.82, 2.24) is 19.9 Å². The van der Waals surface area contributed by atoms with Crippen molar-refractivity contribution in [1.29, 1.82) is 0 Å². The third kappa shape index (κ3) is 4.56. The number of nitrogens with zero attached hydrogens (tertiary/aromatic N) is 5. The summed E-state index contributed by atoms with van der Waals surface area (Å²) in [7, 11) is 0. The normalized spacial score (nSPS) is 28.7. The Morgan fingerprint density at radius 1 is 1.27 bits per heavy atom. The molecule has 8 nitrogen and oxygen atoms in total. The maximum atomic E-state index is 16.9. The molecule has 2 aromatic carbocycles. The van der Waals surface area contributed by atoms with Crippen LogP contribution in [0.15, 0.2) is 30.5 Å². The molecule has 4 aliphatic rings. The third-order valence-electron chi connectivity index (χ3n) is 9.52. The van der Waals surface area contributed by atoms with Crippen LogP contribution in [-0.2, 0) is 4.74 Å². The van der Waals surface area contributed by atoms with Crippen LogP contribution in [0, 0.1) is 29.9 Å². The first-order chi connectivity index (χ1) is 22.5. The molecule has 5 atom stereocenters. The number of aromatic nitrogens is 3. The van der Waals surface area contributed by atoms with Gasteiger partial charge in [0.25, 0.3) is 0 Å². The average molecular weight is 637 g/mol. The minimum absolute atomic E-state index is 0.0127. The molecule has 0 unspecified atom stereocenters. The lowest BCUT2D eigenvalue weighted by Gasteiger charge is -2.31. The minimum atomic E-state index is -2.41. The van der Waals surface area contributed by atoms with Crippen molar-refractivity contribution >= 4 is 44.8 Å². The lowest BCUT2D eigenvalue weighted by Crippen LogP contribution is -2.43. The van der Waals surface area contributed by atoms with Gasteiger partial charge < -0.3 is 20.1 Å². The molecular weight excluding hydrogens is 605 g/mol. The maximum Gasteiger partial charge on any atom is 0.319 e. The summed E-state index contributed by atoms with van der Waals surface area (Å²) in [6, 6.07) is 5.22. The molecule has 1 saturated carbocycles. The van der Waals surface area contributed by atoms with Crippen LogP contribution in [0.5, 0.6) is 6.01 Å². The summed E-state index contributed by atoms with van der Waals surface area (Å²) in [6.07, 6.45) is 6.93. The molecule has 0 radical (unpaired) electrons. The Morgan fingerprint density at radius 2 is 2.13 bits per heavy atom. The van der Waals surface area contributed by atoms with Gasteiger partial charge in [-0.3, -0.25) is 9.88 Å². The third-order valence-corrected chi connectivity index (χ3v) is 10.1. The predicted molar refractivity (Wildman–Crippen MR) is 166 cm³/mol. The number of terminal acetylenes is 1. The van der Waals surface area contributed by atoms with E-state index >= 15 is 4.39 Å². The van der Waals surface area contributed by atoms with Crippen molar-refractivity contribution in [2.24, 2.45) is 5.92 Å². The molecule has 45 heavy (non-hydrogen) atoms. The molecule has 3 aliphatic heterocycles. The first kappa shape index (κ1) is 26.4. The van der Waals surface area contributed by atoms with Gasteiger partial charge in [-0.15, -0.1) is 18.0 Å². The van der Waals surface area contributed by atoms with Crippen LogP contribution in [0.4, 0.5) is 24.7 Å². The van der Waals surface area contributed by atoms with Crippen LogP contribution < -0.4 is 15.4 Å². The second-order valence-corrected chi connectivity index (χ2v) is 12.7. The van der Waals surface area contributed by atoms with E-state index < -0.39 is 35.9 Å². The summed E-state index contributed by atoms with van der Waals surface area (Å²) >= 11 is 6.64. The Balaban J connectivity index is 1.32. The number of ether oxygens (including phenoxy) is 2. The zero-order valence-electron chi connectivity index (χ0n) is 26.1. The second kappa shape index (κ2) is 10.6. The molecule has 8 rings (SSSR count). The quantitative estimate of drug-likeness (QED) is 0.184. The Labute approximate surface area is 265 Å². The Hall–Kier alpha value is -3.85. The number of anilines is 2. The number of fused-ring (bicyclic) bond motifs is 4. The fourth-order valence-electron chi connectivity index (χ4n) is 7.35. The molecular formula is C33H30ClF3N6O2. The highest BCUT2D eigenvalue weighted by Gasteiger charge is 2.55. The second-order valence-electron chi connectivity index (χ2n) is 12.2. The first-order valence-corrected chi connectivity index (χ1v) is 15.4. The minimum Gasteiger partial charge on any atom is -0.461 e. The Bertz CT molecular complexity index is 2000. The van der Waals surface area contributed by atoms with Gasteiger partial charge >= 0.3 is 6.01 Å². The number of benzene rings is 2. The van der Waals surface area contributed by atoms with E-state index in [1.807, 2.05) is 4.90 Å². The Kier molecular flexibility index (Phi) is 6.22.